The van der Waals surface area contributed by atoms with Crippen molar-refractivity contribution in [2.45, 2.75) is 39.5 Å². The van der Waals surface area contributed by atoms with Gasteiger partial charge in [-0.3, -0.25) is 9.55 Å². The molecule has 3 heteroatoms. The van der Waals surface area contributed by atoms with Crippen molar-refractivity contribution >= 4 is 0 Å². The summed E-state index contributed by atoms with van der Waals surface area (Å²) < 4.78 is 2.19. The lowest BCUT2D eigenvalue weighted by atomic mass is 9.97. The maximum atomic E-state index is 4.66. The summed E-state index contributed by atoms with van der Waals surface area (Å²) in [6.45, 7) is 8.83. The van der Waals surface area contributed by atoms with Crippen molar-refractivity contribution in [3.63, 3.8) is 0 Å². The first kappa shape index (κ1) is 15.5. The van der Waals surface area contributed by atoms with Gasteiger partial charge in [0, 0.05) is 24.2 Å². The van der Waals surface area contributed by atoms with Crippen molar-refractivity contribution in [3.05, 3.63) is 66.2 Å². The van der Waals surface area contributed by atoms with Crippen LogP contribution in [-0.4, -0.2) is 14.5 Å². The van der Waals surface area contributed by atoms with Gasteiger partial charge in [-0.25, -0.2) is 4.98 Å². The highest BCUT2D eigenvalue weighted by molar-refractivity contribution is 5.61. The van der Waals surface area contributed by atoms with Gasteiger partial charge in [0.1, 0.15) is 5.82 Å². The van der Waals surface area contributed by atoms with E-state index in [1.165, 1.54) is 11.3 Å². The fourth-order valence-corrected chi connectivity index (χ4v) is 2.92. The Kier molecular flexibility index (Phi) is 4.28. The Morgan fingerprint density at radius 1 is 0.826 bits per heavy atom. The van der Waals surface area contributed by atoms with Crippen LogP contribution in [-0.2, 0) is 0 Å². The Labute approximate surface area is 138 Å². The van der Waals surface area contributed by atoms with Crippen molar-refractivity contribution < 1.29 is 0 Å². The van der Waals surface area contributed by atoms with E-state index in [2.05, 4.69) is 60.4 Å². The van der Waals surface area contributed by atoms with Gasteiger partial charge >= 0.3 is 0 Å². The summed E-state index contributed by atoms with van der Waals surface area (Å²) in [5, 5.41) is 0. The number of hydrogen-bond acceptors (Lipinski definition) is 2. The number of nitrogens with zero attached hydrogens (tertiary/aromatic N) is 3. The molecule has 3 aromatic rings. The molecule has 0 radical (unpaired) electrons. The van der Waals surface area contributed by atoms with Gasteiger partial charge in [0.05, 0.1) is 11.4 Å². The molecule has 0 atom stereocenters. The molecule has 0 amide bonds. The average Bonchev–Trinajstić information content (AvgIpc) is 3.04. The Balaban J connectivity index is 2.26. The van der Waals surface area contributed by atoms with Crippen molar-refractivity contribution in [1.29, 1.82) is 0 Å². The van der Waals surface area contributed by atoms with Crippen LogP contribution in [0.15, 0.2) is 55.0 Å². The second-order valence-corrected chi connectivity index (χ2v) is 6.43. The first-order valence-electron chi connectivity index (χ1n) is 8.17. The lowest BCUT2D eigenvalue weighted by Crippen LogP contribution is -2.09. The molecule has 0 spiro atoms. The number of benzene rings is 1. The molecule has 0 fully saturated rings. The normalized spacial score (nSPS) is 11.4. The van der Waals surface area contributed by atoms with Crippen molar-refractivity contribution in [2.24, 2.45) is 0 Å². The summed E-state index contributed by atoms with van der Waals surface area (Å²) in [4.78, 5) is 9.26. The number of pyridine rings is 1. The van der Waals surface area contributed by atoms with E-state index >= 15 is 0 Å². The summed E-state index contributed by atoms with van der Waals surface area (Å²) >= 11 is 0. The third-order valence-corrected chi connectivity index (χ3v) is 4.07. The van der Waals surface area contributed by atoms with E-state index in [4.69, 9.17) is 0 Å². The van der Waals surface area contributed by atoms with E-state index in [0.717, 1.165) is 17.1 Å². The molecule has 0 aliphatic heterocycles. The first-order valence-corrected chi connectivity index (χ1v) is 8.17. The van der Waals surface area contributed by atoms with Gasteiger partial charge in [-0.05, 0) is 23.5 Å². The summed E-state index contributed by atoms with van der Waals surface area (Å²) in [5.41, 5.74) is 4.71. The predicted molar refractivity (Wildman–Crippen MR) is 95.0 cm³/mol. The molecule has 2 aromatic heterocycles. The maximum Gasteiger partial charge on any atom is 0.144 e. The second-order valence-electron chi connectivity index (χ2n) is 6.43. The Morgan fingerprint density at radius 2 is 1.57 bits per heavy atom. The number of aromatic nitrogens is 3. The highest BCUT2D eigenvalue weighted by Gasteiger charge is 2.19. The summed E-state index contributed by atoms with van der Waals surface area (Å²) in [7, 11) is 0. The van der Waals surface area contributed by atoms with Crippen LogP contribution in [0.5, 0.6) is 0 Å². The van der Waals surface area contributed by atoms with Gasteiger partial charge in [-0.15, -0.1) is 0 Å². The van der Waals surface area contributed by atoms with Crippen LogP contribution in [0.25, 0.3) is 17.1 Å². The fraction of sp³-hybridized carbons (Fsp3) is 0.300. The van der Waals surface area contributed by atoms with E-state index in [1.54, 1.807) is 0 Å². The van der Waals surface area contributed by atoms with Gasteiger partial charge in [0.15, 0.2) is 0 Å². The van der Waals surface area contributed by atoms with Gasteiger partial charge < -0.3 is 0 Å². The fourth-order valence-electron chi connectivity index (χ4n) is 2.92. The zero-order valence-corrected chi connectivity index (χ0v) is 14.2. The number of imidazole rings is 1. The molecule has 0 bridgehead atoms. The molecule has 0 unspecified atom stereocenters. The topological polar surface area (TPSA) is 30.7 Å². The average molecular weight is 305 g/mol. The van der Waals surface area contributed by atoms with Crippen molar-refractivity contribution in [3.8, 4) is 17.1 Å². The molecule has 23 heavy (non-hydrogen) atoms. The van der Waals surface area contributed by atoms with E-state index in [1.807, 2.05) is 36.8 Å². The van der Waals surface area contributed by atoms with Gasteiger partial charge in [-0.2, -0.15) is 0 Å². The molecule has 0 aliphatic carbocycles. The zero-order chi connectivity index (χ0) is 16.4. The van der Waals surface area contributed by atoms with Crippen molar-refractivity contribution in [1.82, 2.24) is 14.5 Å². The highest BCUT2D eigenvalue weighted by Crippen LogP contribution is 2.32. The molecule has 3 nitrogen and oxygen atoms in total. The van der Waals surface area contributed by atoms with Crippen LogP contribution in [0.2, 0.25) is 0 Å². The van der Waals surface area contributed by atoms with Crippen LogP contribution in [0, 0.1) is 0 Å². The van der Waals surface area contributed by atoms with E-state index in [0.29, 0.717) is 11.8 Å². The van der Waals surface area contributed by atoms with Gasteiger partial charge in [-0.1, -0.05) is 58.0 Å². The first-order chi connectivity index (χ1) is 11.1. The molecule has 1 aromatic carbocycles. The smallest absolute Gasteiger partial charge is 0.144 e. The maximum absolute atomic E-state index is 4.66. The quantitative estimate of drug-likeness (QED) is 0.665. The minimum atomic E-state index is 0.356. The van der Waals surface area contributed by atoms with E-state index < -0.39 is 0 Å². The Morgan fingerprint density at radius 3 is 2.22 bits per heavy atom. The van der Waals surface area contributed by atoms with Gasteiger partial charge in [0.2, 0.25) is 0 Å². The number of rotatable bonds is 4. The summed E-state index contributed by atoms with van der Waals surface area (Å²) in [5.74, 6) is 1.74. The third kappa shape index (κ3) is 2.91. The Bertz CT molecular complexity index is 759. The third-order valence-electron chi connectivity index (χ3n) is 4.07. The molecular weight excluding hydrogens is 282 g/mol. The SMILES string of the molecule is CC(C)c1ccnc(C(C)C)c1-n1ccnc1-c1ccccc1. The van der Waals surface area contributed by atoms with E-state index in [-0.39, 0.29) is 0 Å². The van der Waals surface area contributed by atoms with Crippen LogP contribution in [0.4, 0.5) is 0 Å². The summed E-state index contributed by atoms with van der Waals surface area (Å²) in [6.07, 6.45) is 5.83. The molecular formula is C20H23N3. The second kappa shape index (κ2) is 6.37. The molecule has 0 aliphatic rings. The Hall–Kier alpha value is -2.42. The highest BCUT2D eigenvalue weighted by atomic mass is 15.1. The zero-order valence-electron chi connectivity index (χ0n) is 14.2. The van der Waals surface area contributed by atoms with Crippen LogP contribution in [0.1, 0.15) is 50.8 Å². The molecule has 2 heterocycles. The van der Waals surface area contributed by atoms with Gasteiger partial charge in [0.25, 0.3) is 0 Å². The number of hydrogen-bond donors (Lipinski definition) is 0. The minimum absolute atomic E-state index is 0.356. The standard InChI is InChI=1S/C20H23N3/c1-14(2)17-10-11-21-18(15(3)4)19(17)23-13-12-22-20(23)16-8-6-5-7-9-16/h5-15H,1-4H3. The van der Waals surface area contributed by atoms with Crippen LogP contribution in [0.3, 0.4) is 0 Å². The minimum Gasteiger partial charge on any atom is -0.298 e. The molecule has 0 saturated heterocycles. The molecule has 3 rings (SSSR count). The summed E-state index contributed by atoms with van der Waals surface area (Å²) in [6, 6.07) is 12.4. The molecule has 118 valence electrons. The van der Waals surface area contributed by atoms with Crippen LogP contribution < -0.4 is 0 Å². The lowest BCUT2D eigenvalue weighted by Gasteiger charge is -2.20. The largest absolute Gasteiger partial charge is 0.298 e. The molecule has 0 N–H and O–H groups in total. The lowest BCUT2D eigenvalue weighted by molar-refractivity contribution is 0.775. The van der Waals surface area contributed by atoms with Crippen molar-refractivity contribution in [2.75, 3.05) is 0 Å². The predicted octanol–water partition coefficient (Wildman–Crippen LogP) is 5.18. The van der Waals surface area contributed by atoms with E-state index in [9.17, 15) is 0 Å². The molecule has 0 saturated carbocycles. The monoisotopic (exact) mass is 305 g/mol. The van der Waals surface area contributed by atoms with Crippen LogP contribution >= 0.6 is 0 Å².